The number of anilines is 1. The largest absolute Gasteiger partial charge is 0.390 e. The van der Waals surface area contributed by atoms with Crippen molar-refractivity contribution in [2.45, 2.75) is 0 Å². The van der Waals surface area contributed by atoms with Gasteiger partial charge in [0.25, 0.3) is 0 Å². The fraction of sp³-hybridized carbons (Fsp3) is 0.111. The summed E-state index contributed by atoms with van der Waals surface area (Å²) in [6.07, 6.45) is 1.28. The zero-order chi connectivity index (χ0) is 10.4. The molecule has 3 N–H and O–H groups in total. The van der Waals surface area contributed by atoms with Crippen LogP contribution >= 0.6 is 0 Å². The summed E-state index contributed by atoms with van der Waals surface area (Å²) in [5, 5.41) is 14.3. The molecule has 1 aromatic rings. The molecule has 14 heavy (non-hydrogen) atoms. The van der Waals surface area contributed by atoms with Gasteiger partial charge >= 0.3 is 0 Å². The second-order valence-electron chi connectivity index (χ2n) is 2.53. The van der Waals surface area contributed by atoms with E-state index in [0.717, 1.165) is 0 Å². The predicted octanol–water partition coefficient (Wildman–Crippen LogP) is 2.10. The van der Waals surface area contributed by atoms with Crippen molar-refractivity contribution in [1.82, 2.24) is 0 Å². The molecular weight excluding hydrogens is 185 g/mol. The van der Waals surface area contributed by atoms with E-state index in [1.807, 2.05) is 0 Å². The number of halogens is 1. The Balaban J connectivity index is 2.74. The number of para-hydroxylation sites is 1. The van der Waals surface area contributed by atoms with Gasteiger partial charge in [-0.3, -0.25) is 0 Å². The molecule has 0 radical (unpaired) electrons. The molecule has 0 aliphatic rings. The minimum Gasteiger partial charge on any atom is -0.390 e. The molecule has 1 aromatic carbocycles. The topological polar surface area (TPSA) is 68.5 Å². The Hall–Kier alpha value is -1.75. The SMILES string of the molecule is N=N/C(=C\Nc1ccccc1F)CO. The maximum atomic E-state index is 13.0. The highest BCUT2D eigenvalue weighted by Gasteiger charge is 1.97. The van der Waals surface area contributed by atoms with Crippen LogP contribution in [-0.4, -0.2) is 11.7 Å². The maximum Gasteiger partial charge on any atom is 0.146 e. The van der Waals surface area contributed by atoms with Crippen LogP contribution in [0.4, 0.5) is 10.1 Å². The molecule has 0 spiro atoms. The van der Waals surface area contributed by atoms with Gasteiger partial charge in [0, 0.05) is 6.20 Å². The Morgan fingerprint density at radius 2 is 2.29 bits per heavy atom. The summed E-state index contributed by atoms with van der Waals surface area (Å²) in [6, 6.07) is 6.11. The molecule has 4 nitrogen and oxygen atoms in total. The van der Waals surface area contributed by atoms with E-state index < -0.39 is 5.82 Å². The quantitative estimate of drug-likeness (QED) is 0.644. The lowest BCUT2D eigenvalue weighted by Crippen LogP contribution is -1.95. The van der Waals surface area contributed by atoms with Gasteiger partial charge in [-0.25, -0.2) is 9.92 Å². The van der Waals surface area contributed by atoms with Gasteiger partial charge in [0.1, 0.15) is 11.5 Å². The number of hydrogen-bond donors (Lipinski definition) is 3. The van der Waals surface area contributed by atoms with E-state index in [2.05, 4.69) is 10.4 Å². The number of nitrogens with one attached hydrogen (secondary N) is 2. The zero-order valence-electron chi connectivity index (χ0n) is 7.37. The number of hydrogen-bond acceptors (Lipinski definition) is 4. The maximum absolute atomic E-state index is 13.0. The standard InChI is InChI=1S/C9H10FN3O/c10-8-3-1-2-4-9(8)12-5-7(6-14)13-11/h1-5,11-12,14H,6H2/b7-5-,13-11?. The summed E-state index contributed by atoms with van der Waals surface area (Å²) in [6.45, 7) is -0.356. The van der Waals surface area contributed by atoms with Crippen LogP contribution in [-0.2, 0) is 0 Å². The van der Waals surface area contributed by atoms with Crippen molar-refractivity contribution in [2.75, 3.05) is 11.9 Å². The smallest absolute Gasteiger partial charge is 0.146 e. The Bertz CT molecular complexity index is 352. The first kappa shape index (κ1) is 10.3. The monoisotopic (exact) mass is 195 g/mol. The Morgan fingerprint density at radius 3 is 2.86 bits per heavy atom. The second kappa shape index (κ2) is 5.08. The third kappa shape index (κ3) is 2.63. The highest BCUT2D eigenvalue weighted by molar-refractivity contribution is 5.47. The van der Waals surface area contributed by atoms with Gasteiger partial charge in [0.15, 0.2) is 0 Å². The summed E-state index contributed by atoms with van der Waals surface area (Å²) in [7, 11) is 0. The van der Waals surface area contributed by atoms with Gasteiger partial charge in [0.2, 0.25) is 0 Å². The van der Waals surface area contributed by atoms with Crippen molar-refractivity contribution in [3.63, 3.8) is 0 Å². The molecule has 0 aromatic heterocycles. The third-order valence-electron chi connectivity index (χ3n) is 1.57. The number of nitrogens with zero attached hydrogens (tertiary/aromatic N) is 1. The molecule has 5 heteroatoms. The van der Waals surface area contributed by atoms with Crippen molar-refractivity contribution >= 4 is 5.69 Å². The van der Waals surface area contributed by atoms with Crippen molar-refractivity contribution < 1.29 is 9.50 Å². The van der Waals surface area contributed by atoms with E-state index in [-0.39, 0.29) is 18.0 Å². The summed E-state index contributed by atoms with van der Waals surface area (Å²) >= 11 is 0. The van der Waals surface area contributed by atoms with Crippen LogP contribution in [0.5, 0.6) is 0 Å². The first-order valence-corrected chi connectivity index (χ1v) is 3.96. The lowest BCUT2D eigenvalue weighted by molar-refractivity contribution is 0.328. The molecule has 0 saturated carbocycles. The molecule has 0 amide bonds. The van der Waals surface area contributed by atoms with E-state index in [4.69, 9.17) is 10.6 Å². The number of rotatable bonds is 4. The zero-order valence-corrected chi connectivity index (χ0v) is 7.37. The van der Waals surface area contributed by atoms with E-state index in [0.29, 0.717) is 0 Å². The number of aliphatic hydroxyl groups is 1. The average molecular weight is 195 g/mol. The molecular formula is C9H10FN3O. The van der Waals surface area contributed by atoms with Crippen molar-refractivity contribution in [2.24, 2.45) is 5.11 Å². The highest BCUT2D eigenvalue weighted by Crippen LogP contribution is 2.12. The fourth-order valence-corrected chi connectivity index (χ4v) is 0.853. The summed E-state index contributed by atoms with van der Waals surface area (Å²) in [4.78, 5) is 0. The van der Waals surface area contributed by atoms with Gasteiger partial charge in [-0.05, 0) is 12.1 Å². The van der Waals surface area contributed by atoms with Crippen LogP contribution in [0.25, 0.3) is 0 Å². The molecule has 1 rings (SSSR count). The molecule has 0 heterocycles. The third-order valence-corrected chi connectivity index (χ3v) is 1.57. The summed E-state index contributed by atoms with van der Waals surface area (Å²) in [5.41, 5.74) is 7.05. The fourth-order valence-electron chi connectivity index (χ4n) is 0.853. The van der Waals surface area contributed by atoms with E-state index in [1.54, 1.807) is 18.2 Å². The number of aliphatic hydroxyl groups excluding tert-OH is 1. The lowest BCUT2D eigenvalue weighted by Gasteiger charge is -2.02. The van der Waals surface area contributed by atoms with E-state index >= 15 is 0 Å². The first-order chi connectivity index (χ1) is 6.77. The minimum absolute atomic E-state index is 0.133. The van der Waals surface area contributed by atoms with Crippen LogP contribution in [0.15, 0.2) is 41.3 Å². The highest BCUT2D eigenvalue weighted by atomic mass is 19.1. The van der Waals surface area contributed by atoms with Crippen molar-refractivity contribution in [3.8, 4) is 0 Å². The first-order valence-electron chi connectivity index (χ1n) is 3.96. The molecule has 74 valence electrons. The van der Waals surface area contributed by atoms with E-state index in [9.17, 15) is 4.39 Å². The second-order valence-corrected chi connectivity index (χ2v) is 2.53. The molecule has 0 bridgehead atoms. The predicted molar refractivity (Wildman–Crippen MR) is 50.3 cm³/mol. The Kier molecular flexibility index (Phi) is 3.75. The lowest BCUT2D eigenvalue weighted by atomic mass is 10.3. The van der Waals surface area contributed by atoms with Gasteiger partial charge < -0.3 is 10.4 Å². The summed E-state index contributed by atoms with van der Waals surface area (Å²) < 4.78 is 13.0. The van der Waals surface area contributed by atoms with Crippen molar-refractivity contribution in [1.29, 1.82) is 5.53 Å². The molecule has 0 saturated heterocycles. The molecule has 0 fully saturated rings. The van der Waals surface area contributed by atoms with Gasteiger partial charge in [-0.15, -0.1) is 0 Å². The van der Waals surface area contributed by atoms with Crippen molar-refractivity contribution in [3.05, 3.63) is 42.0 Å². The molecule has 0 unspecified atom stereocenters. The van der Waals surface area contributed by atoms with Crippen LogP contribution in [0.2, 0.25) is 0 Å². The number of benzene rings is 1. The minimum atomic E-state index is -0.397. The van der Waals surface area contributed by atoms with E-state index in [1.165, 1.54) is 12.3 Å². The molecule has 0 aliphatic carbocycles. The average Bonchev–Trinajstić information content (AvgIpc) is 2.22. The van der Waals surface area contributed by atoms with Crippen LogP contribution in [0.1, 0.15) is 0 Å². The van der Waals surface area contributed by atoms with Gasteiger partial charge in [-0.1, -0.05) is 12.1 Å². The normalized spacial score (nSPS) is 11.1. The Morgan fingerprint density at radius 1 is 1.57 bits per heavy atom. The Labute approximate surface area is 80.6 Å². The van der Waals surface area contributed by atoms with Crippen LogP contribution < -0.4 is 5.32 Å². The molecule has 0 aliphatic heterocycles. The van der Waals surface area contributed by atoms with Gasteiger partial charge in [-0.2, -0.15) is 5.11 Å². The van der Waals surface area contributed by atoms with Crippen LogP contribution in [0.3, 0.4) is 0 Å². The van der Waals surface area contributed by atoms with Gasteiger partial charge in [0.05, 0.1) is 12.3 Å². The summed E-state index contributed by atoms with van der Waals surface area (Å²) in [5.74, 6) is -0.397. The molecule has 0 atom stereocenters. The van der Waals surface area contributed by atoms with Crippen LogP contribution in [0, 0.1) is 11.3 Å².